The summed E-state index contributed by atoms with van der Waals surface area (Å²) >= 11 is 0. The van der Waals surface area contributed by atoms with Gasteiger partial charge in [-0.3, -0.25) is 9.59 Å². The van der Waals surface area contributed by atoms with E-state index in [0.717, 1.165) is 22.3 Å². The van der Waals surface area contributed by atoms with Crippen LogP contribution in [0.25, 0.3) is 11.1 Å². The van der Waals surface area contributed by atoms with Crippen LogP contribution in [0.2, 0.25) is 0 Å². The van der Waals surface area contributed by atoms with Gasteiger partial charge < -0.3 is 20.1 Å². The largest absolute Gasteiger partial charge is 0.481 e. The molecule has 1 unspecified atom stereocenters. The number of nitrogens with zero attached hydrogens (tertiary/aromatic N) is 1. The molecule has 1 aliphatic heterocycles. The smallest absolute Gasteiger partial charge is 0.408 e. The molecule has 7 heteroatoms. The second-order valence-corrected chi connectivity index (χ2v) is 8.96. The number of carbonyl (C=O) groups is 3. The number of nitrogens with one attached hydrogen (secondary N) is 1. The first-order chi connectivity index (χ1) is 15.5. The summed E-state index contributed by atoms with van der Waals surface area (Å²) in [5.74, 6) is -1.66. The molecule has 2 amide bonds. The van der Waals surface area contributed by atoms with Crippen molar-refractivity contribution < 1.29 is 24.2 Å². The maximum atomic E-state index is 13.0. The fourth-order valence-electron chi connectivity index (χ4n) is 5.01. The summed E-state index contributed by atoms with van der Waals surface area (Å²) in [6, 6.07) is 16.2. The summed E-state index contributed by atoms with van der Waals surface area (Å²) in [6.45, 7) is 0.911. The van der Waals surface area contributed by atoms with Crippen molar-refractivity contribution in [2.75, 3.05) is 19.7 Å². The number of carbonyl (C=O) groups excluding carboxylic acids is 2. The van der Waals surface area contributed by atoms with Crippen molar-refractivity contribution in [3.8, 4) is 11.1 Å². The van der Waals surface area contributed by atoms with Crippen LogP contribution in [0.1, 0.15) is 42.7 Å². The molecule has 2 aromatic carbocycles. The van der Waals surface area contributed by atoms with Crippen molar-refractivity contribution in [2.24, 2.45) is 5.92 Å². The predicted molar refractivity (Wildman–Crippen MR) is 117 cm³/mol. The minimum absolute atomic E-state index is 0.0441. The van der Waals surface area contributed by atoms with Crippen molar-refractivity contribution in [3.05, 3.63) is 59.7 Å². The molecular formula is C25H26N2O5. The van der Waals surface area contributed by atoms with Crippen LogP contribution < -0.4 is 5.32 Å². The number of ether oxygens (including phenoxy) is 1. The molecule has 2 N–H and O–H groups in total. The Morgan fingerprint density at radius 2 is 1.66 bits per heavy atom. The Hall–Kier alpha value is -3.35. The number of benzene rings is 2. The third kappa shape index (κ3) is 3.61. The summed E-state index contributed by atoms with van der Waals surface area (Å²) in [5.41, 5.74) is 3.62. The highest BCUT2D eigenvalue weighted by atomic mass is 16.5. The Balaban J connectivity index is 1.23. The highest BCUT2D eigenvalue weighted by Crippen LogP contribution is 2.44. The van der Waals surface area contributed by atoms with Crippen molar-refractivity contribution in [2.45, 2.75) is 37.1 Å². The molecule has 1 atom stereocenters. The van der Waals surface area contributed by atoms with E-state index >= 15 is 0 Å². The van der Waals surface area contributed by atoms with Crippen LogP contribution in [0, 0.1) is 5.92 Å². The molecule has 3 aliphatic rings. The van der Waals surface area contributed by atoms with Crippen molar-refractivity contribution in [1.29, 1.82) is 0 Å². The Bertz CT molecular complexity index is 1030. The number of carboxylic acid groups (broad SMARTS) is 1. The Labute approximate surface area is 186 Å². The second-order valence-electron chi connectivity index (χ2n) is 8.96. The van der Waals surface area contributed by atoms with E-state index in [1.165, 1.54) is 0 Å². The van der Waals surface area contributed by atoms with Crippen molar-refractivity contribution in [1.82, 2.24) is 10.2 Å². The van der Waals surface area contributed by atoms with Crippen LogP contribution in [0.3, 0.4) is 0 Å². The molecule has 0 radical (unpaired) electrons. The minimum Gasteiger partial charge on any atom is -0.481 e. The third-order valence-corrected chi connectivity index (χ3v) is 6.90. The normalized spacial score (nSPS) is 20.8. The molecule has 1 saturated heterocycles. The minimum atomic E-state index is -0.955. The molecule has 2 fully saturated rings. The lowest BCUT2D eigenvalue weighted by Crippen LogP contribution is -2.54. The van der Waals surface area contributed by atoms with Crippen LogP contribution in [0.4, 0.5) is 4.79 Å². The van der Waals surface area contributed by atoms with Crippen molar-refractivity contribution in [3.63, 3.8) is 0 Å². The molecule has 166 valence electrons. The van der Waals surface area contributed by atoms with Crippen LogP contribution in [0.5, 0.6) is 0 Å². The van der Waals surface area contributed by atoms with Gasteiger partial charge in [0.25, 0.3) is 0 Å². The molecule has 1 saturated carbocycles. The van der Waals surface area contributed by atoms with Gasteiger partial charge in [0.2, 0.25) is 5.91 Å². The van der Waals surface area contributed by atoms with Gasteiger partial charge in [-0.2, -0.15) is 0 Å². The first kappa shape index (κ1) is 20.5. The molecule has 1 heterocycles. The molecule has 2 aliphatic carbocycles. The van der Waals surface area contributed by atoms with Crippen molar-refractivity contribution >= 4 is 18.0 Å². The van der Waals surface area contributed by atoms with E-state index in [-0.39, 0.29) is 25.0 Å². The quantitative estimate of drug-likeness (QED) is 0.752. The maximum absolute atomic E-state index is 13.0. The number of amides is 2. The Kier molecular flexibility index (Phi) is 5.12. The van der Waals surface area contributed by atoms with Crippen LogP contribution in [0.15, 0.2) is 48.5 Å². The fraction of sp³-hybridized carbons (Fsp3) is 0.400. The number of hydrogen-bond acceptors (Lipinski definition) is 4. The zero-order valence-corrected chi connectivity index (χ0v) is 17.8. The molecule has 5 rings (SSSR count). The number of piperidine rings is 1. The molecule has 0 bridgehead atoms. The highest BCUT2D eigenvalue weighted by Gasteiger charge is 2.54. The van der Waals surface area contributed by atoms with E-state index < -0.39 is 23.5 Å². The number of hydrogen-bond donors (Lipinski definition) is 2. The topological polar surface area (TPSA) is 95.9 Å². The Morgan fingerprint density at radius 3 is 2.25 bits per heavy atom. The average Bonchev–Trinajstić information content (AvgIpc) is 3.52. The van der Waals surface area contributed by atoms with Gasteiger partial charge in [-0.25, -0.2) is 4.79 Å². The van der Waals surface area contributed by atoms with Gasteiger partial charge in [0.1, 0.15) is 12.1 Å². The monoisotopic (exact) mass is 434 g/mol. The van der Waals surface area contributed by atoms with Gasteiger partial charge in [0.05, 0.1) is 5.92 Å². The van der Waals surface area contributed by atoms with E-state index in [1.807, 2.05) is 24.3 Å². The van der Waals surface area contributed by atoms with Gasteiger partial charge in [0.15, 0.2) is 0 Å². The van der Waals surface area contributed by atoms with E-state index in [4.69, 9.17) is 4.74 Å². The average molecular weight is 434 g/mol. The summed E-state index contributed by atoms with van der Waals surface area (Å²) in [7, 11) is 0. The standard InChI is InChI=1S/C25H26N2O5/c28-22(29)16-6-5-13-27(14-16)23(30)25(11-12-25)26-24(31)32-15-21-19-9-3-1-7-17(19)18-8-2-4-10-20(18)21/h1-4,7-10,16,21H,5-6,11-15H2,(H,26,31)(H,28,29). The lowest BCUT2D eigenvalue weighted by Gasteiger charge is -2.33. The number of fused-ring (bicyclic) bond motifs is 3. The summed E-state index contributed by atoms with van der Waals surface area (Å²) in [6.07, 6.45) is 1.72. The van der Waals surface area contributed by atoms with Gasteiger partial charge >= 0.3 is 12.1 Å². The number of carboxylic acids is 1. The zero-order chi connectivity index (χ0) is 22.3. The van der Waals surface area contributed by atoms with E-state index in [0.29, 0.717) is 32.2 Å². The number of aliphatic carboxylic acids is 1. The van der Waals surface area contributed by atoms with Gasteiger partial charge in [-0.15, -0.1) is 0 Å². The molecule has 0 spiro atoms. The Morgan fingerprint density at radius 1 is 1.03 bits per heavy atom. The van der Waals surface area contributed by atoms with Gasteiger partial charge in [-0.1, -0.05) is 48.5 Å². The van der Waals surface area contributed by atoms with Crippen LogP contribution in [-0.4, -0.2) is 53.2 Å². The fourth-order valence-corrected chi connectivity index (χ4v) is 5.01. The molecule has 7 nitrogen and oxygen atoms in total. The first-order valence-electron chi connectivity index (χ1n) is 11.1. The SMILES string of the molecule is O=C(NC1(C(=O)N2CCCC(C(=O)O)C2)CC1)OCC1c2ccccc2-c2ccccc21. The lowest BCUT2D eigenvalue weighted by atomic mass is 9.97. The predicted octanol–water partition coefficient (Wildman–Crippen LogP) is 3.38. The molecule has 32 heavy (non-hydrogen) atoms. The molecule has 0 aromatic heterocycles. The molecular weight excluding hydrogens is 408 g/mol. The van der Waals surface area contributed by atoms with E-state index in [2.05, 4.69) is 29.6 Å². The van der Waals surface area contributed by atoms with Crippen LogP contribution >= 0.6 is 0 Å². The van der Waals surface area contributed by atoms with E-state index in [1.54, 1.807) is 4.90 Å². The first-order valence-corrected chi connectivity index (χ1v) is 11.1. The highest BCUT2D eigenvalue weighted by molar-refractivity contribution is 5.93. The lowest BCUT2D eigenvalue weighted by molar-refractivity contribution is -0.146. The molecule has 2 aromatic rings. The third-order valence-electron chi connectivity index (χ3n) is 6.90. The van der Waals surface area contributed by atoms with Gasteiger partial charge in [0, 0.05) is 19.0 Å². The van der Waals surface area contributed by atoms with Crippen LogP contribution in [-0.2, 0) is 14.3 Å². The van der Waals surface area contributed by atoms with Gasteiger partial charge in [-0.05, 0) is 47.9 Å². The van der Waals surface area contributed by atoms with E-state index in [9.17, 15) is 19.5 Å². The summed E-state index contributed by atoms with van der Waals surface area (Å²) < 4.78 is 5.60. The summed E-state index contributed by atoms with van der Waals surface area (Å²) in [5, 5.41) is 12.1. The number of alkyl carbamates (subject to hydrolysis) is 1. The zero-order valence-electron chi connectivity index (χ0n) is 17.8. The maximum Gasteiger partial charge on any atom is 0.408 e. The number of likely N-dealkylation sites (tertiary alicyclic amines) is 1. The second kappa shape index (κ2) is 7.97. The number of rotatable bonds is 5. The summed E-state index contributed by atoms with van der Waals surface area (Å²) in [4.78, 5) is 38.6.